The molecule has 3 aliphatic heterocycles. The van der Waals surface area contributed by atoms with Gasteiger partial charge in [0.25, 0.3) is 5.56 Å². The molecule has 5 nitrogen and oxygen atoms in total. The maximum absolute atomic E-state index is 15.1. The van der Waals surface area contributed by atoms with Gasteiger partial charge in [-0.2, -0.15) is 0 Å². The topological polar surface area (TPSA) is 39.4 Å². The summed E-state index contributed by atoms with van der Waals surface area (Å²) >= 11 is 0. The molecule has 4 heterocycles. The van der Waals surface area contributed by atoms with Crippen LogP contribution in [0.5, 0.6) is 11.5 Å². The molecular formula is C47H38BN3O2. The van der Waals surface area contributed by atoms with Crippen LogP contribution in [0.4, 0.5) is 17.1 Å². The van der Waals surface area contributed by atoms with Gasteiger partial charge >= 0.3 is 6.85 Å². The second-order valence-electron chi connectivity index (χ2n) is 17.7. The predicted octanol–water partition coefficient (Wildman–Crippen LogP) is 9.23. The van der Waals surface area contributed by atoms with Gasteiger partial charge in [-0.25, -0.2) is 0 Å². The van der Waals surface area contributed by atoms with Crippen LogP contribution >= 0.6 is 0 Å². The number of rotatable bonds is 0. The summed E-state index contributed by atoms with van der Waals surface area (Å²) in [5, 5.41) is 0.780. The van der Waals surface area contributed by atoms with Crippen LogP contribution in [0.2, 0.25) is 0 Å². The van der Waals surface area contributed by atoms with Gasteiger partial charge in [0.05, 0.1) is 28.0 Å². The minimum atomic E-state index is -0.296. The van der Waals surface area contributed by atoms with Crippen molar-refractivity contribution in [2.24, 2.45) is 0 Å². The molecule has 0 N–H and O–H groups in total. The Kier molecular flexibility index (Phi) is 5.30. The van der Waals surface area contributed by atoms with Crippen LogP contribution in [0.15, 0.2) is 114 Å². The molecule has 3 aliphatic carbocycles. The number of fused-ring (bicyclic) bond motifs is 10. The Balaban J connectivity index is 1.15. The standard InChI is InChI=1S/C47H38BN3O2/c1-46(2,3)25-15-17-35-34(21-25)48-43-37(19-20-39-44(43)49(35)36-18-16-26(47(4,5)6)22-40(36)53-39)50-38-24-32-31(23-33(38)45(52)51(48)50)41-27-11-7-9-13-29(27)42(32)30-14-10-8-12-28(30)41/h7-24,41-42H,1-6H3. The molecule has 2 bridgehead atoms. The molecule has 1 aromatic heterocycles. The lowest BCUT2D eigenvalue weighted by atomic mass is 9.48. The van der Waals surface area contributed by atoms with Gasteiger partial charge < -0.3 is 9.64 Å². The van der Waals surface area contributed by atoms with Gasteiger partial charge in [-0.15, -0.1) is 0 Å². The summed E-state index contributed by atoms with van der Waals surface area (Å²) in [7, 11) is 0. The molecule has 0 unspecified atom stereocenters. The van der Waals surface area contributed by atoms with Crippen molar-refractivity contribution >= 4 is 45.7 Å². The molecule has 0 atom stereocenters. The zero-order valence-electron chi connectivity index (χ0n) is 30.8. The van der Waals surface area contributed by atoms with E-state index in [0.29, 0.717) is 0 Å². The molecule has 0 saturated heterocycles. The summed E-state index contributed by atoms with van der Waals surface area (Å²) in [6, 6.07) is 40.2. The van der Waals surface area contributed by atoms with E-state index in [1.54, 1.807) is 0 Å². The molecule has 0 saturated carbocycles. The highest BCUT2D eigenvalue weighted by Crippen LogP contribution is 2.57. The van der Waals surface area contributed by atoms with Crippen molar-refractivity contribution in [1.82, 2.24) is 9.27 Å². The summed E-state index contributed by atoms with van der Waals surface area (Å²) in [6.45, 7) is 13.2. The highest BCUT2D eigenvalue weighted by Gasteiger charge is 2.49. The third-order valence-corrected chi connectivity index (χ3v) is 12.8. The zero-order valence-corrected chi connectivity index (χ0v) is 30.8. The van der Waals surface area contributed by atoms with Gasteiger partial charge in [0, 0.05) is 23.0 Å². The number of nitrogens with zero attached hydrogens (tertiary/aromatic N) is 3. The number of hydrogen-bond acceptors (Lipinski definition) is 3. The molecule has 256 valence electrons. The first kappa shape index (κ1) is 29.8. The average molecular weight is 688 g/mol. The number of ether oxygens (including phenoxy) is 1. The van der Waals surface area contributed by atoms with Crippen molar-refractivity contribution in [3.8, 4) is 17.2 Å². The van der Waals surface area contributed by atoms with Gasteiger partial charge in [0.15, 0.2) is 11.5 Å². The summed E-state index contributed by atoms with van der Waals surface area (Å²) < 4.78 is 11.1. The first-order valence-corrected chi connectivity index (χ1v) is 18.9. The molecule has 6 heteroatoms. The lowest BCUT2D eigenvalue weighted by molar-refractivity contribution is 0.473. The summed E-state index contributed by atoms with van der Waals surface area (Å²) in [5.74, 6) is 1.92. The second-order valence-corrected chi connectivity index (χ2v) is 17.7. The van der Waals surface area contributed by atoms with Crippen LogP contribution in [0.25, 0.3) is 16.6 Å². The van der Waals surface area contributed by atoms with Gasteiger partial charge in [0.1, 0.15) is 0 Å². The molecule has 0 radical (unpaired) electrons. The van der Waals surface area contributed by atoms with Crippen molar-refractivity contribution in [2.45, 2.75) is 64.2 Å². The maximum atomic E-state index is 15.1. The number of anilines is 3. The van der Waals surface area contributed by atoms with Crippen molar-refractivity contribution in [3.05, 3.63) is 164 Å². The molecule has 6 aliphatic rings. The normalized spacial score (nSPS) is 17.8. The van der Waals surface area contributed by atoms with Crippen LogP contribution < -0.4 is 26.1 Å². The quantitative estimate of drug-likeness (QED) is 0.149. The van der Waals surface area contributed by atoms with Crippen LogP contribution in [0.3, 0.4) is 0 Å². The molecule has 0 spiro atoms. The van der Waals surface area contributed by atoms with E-state index < -0.39 is 0 Å². The molecule has 0 amide bonds. The molecule has 53 heavy (non-hydrogen) atoms. The van der Waals surface area contributed by atoms with Gasteiger partial charge in [-0.1, -0.05) is 108 Å². The Hall–Kier alpha value is -5.75. The molecular weight excluding hydrogens is 649 g/mol. The highest BCUT2D eigenvalue weighted by molar-refractivity contribution is 6.88. The van der Waals surface area contributed by atoms with E-state index in [4.69, 9.17) is 4.74 Å². The van der Waals surface area contributed by atoms with Gasteiger partial charge in [-0.05, 0) is 103 Å². The van der Waals surface area contributed by atoms with Crippen molar-refractivity contribution in [2.75, 3.05) is 4.90 Å². The van der Waals surface area contributed by atoms with Gasteiger partial charge in [0.2, 0.25) is 0 Å². The van der Waals surface area contributed by atoms with Crippen molar-refractivity contribution < 1.29 is 4.74 Å². The van der Waals surface area contributed by atoms with Crippen molar-refractivity contribution in [1.29, 1.82) is 0 Å². The predicted molar refractivity (Wildman–Crippen MR) is 215 cm³/mol. The third kappa shape index (κ3) is 3.57. The molecule has 13 rings (SSSR count). The SMILES string of the molecule is CC(C)(C)c1ccc2c(c1)Oc1ccc3c4c1N2c1ccc(C(C)(C)C)cc1B4n1c(=O)c2cc4c(cc2n1-3)C1c2ccccc2C4c2ccccc21. The van der Waals surface area contributed by atoms with E-state index in [2.05, 4.69) is 160 Å². The van der Waals surface area contributed by atoms with E-state index in [1.807, 2.05) is 4.59 Å². The first-order valence-electron chi connectivity index (χ1n) is 18.9. The molecule has 6 aromatic carbocycles. The fraction of sp³-hybridized carbons (Fsp3) is 0.213. The van der Waals surface area contributed by atoms with E-state index in [-0.39, 0.29) is 35.1 Å². The number of aromatic nitrogens is 2. The lowest BCUT2D eigenvalue weighted by Gasteiger charge is -2.42. The van der Waals surface area contributed by atoms with Crippen molar-refractivity contribution in [3.63, 3.8) is 0 Å². The monoisotopic (exact) mass is 687 g/mol. The highest BCUT2D eigenvalue weighted by atomic mass is 16.5. The second kappa shape index (κ2) is 9.42. The minimum Gasteiger partial charge on any atom is -0.453 e. The first-order chi connectivity index (χ1) is 25.5. The van der Waals surface area contributed by atoms with Crippen LogP contribution in [0.1, 0.15) is 97.9 Å². The van der Waals surface area contributed by atoms with Gasteiger partial charge in [-0.3, -0.25) is 14.1 Å². The van der Waals surface area contributed by atoms with Crippen LogP contribution in [-0.4, -0.2) is 16.1 Å². The Labute approximate surface area is 309 Å². The third-order valence-electron chi connectivity index (χ3n) is 12.8. The summed E-state index contributed by atoms with van der Waals surface area (Å²) in [5.41, 5.74) is 17.9. The fourth-order valence-corrected chi connectivity index (χ4v) is 10.3. The fourth-order valence-electron chi connectivity index (χ4n) is 10.3. The summed E-state index contributed by atoms with van der Waals surface area (Å²) in [6.07, 6.45) is 0. The van der Waals surface area contributed by atoms with E-state index >= 15 is 4.79 Å². The number of hydrogen-bond donors (Lipinski definition) is 0. The van der Waals surface area contributed by atoms with E-state index in [0.717, 1.165) is 56.1 Å². The van der Waals surface area contributed by atoms with E-state index in [9.17, 15) is 0 Å². The smallest absolute Gasteiger partial charge is 0.357 e. The van der Waals surface area contributed by atoms with E-state index in [1.165, 1.54) is 44.5 Å². The largest absolute Gasteiger partial charge is 0.453 e. The van der Waals surface area contributed by atoms with Crippen LogP contribution in [0, 0.1) is 0 Å². The Bertz CT molecular complexity index is 2850. The zero-order chi connectivity index (χ0) is 35.9. The number of benzene rings is 6. The molecule has 7 aromatic rings. The maximum Gasteiger partial charge on any atom is 0.357 e. The minimum absolute atomic E-state index is 0.0162. The summed E-state index contributed by atoms with van der Waals surface area (Å²) in [4.78, 5) is 17.5. The lowest BCUT2D eigenvalue weighted by Crippen LogP contribution is -2.55. The Morgan fingerprint density at radius 1 is 0.585 bits per heavy atom. The Morgan fingerprint density at radius 2 is 1.15 bits per heavy atom. The average Bonchev–Trinajstić information content (AvgIpc) is 3.64. The van der Waals surface area contributed by atoms with Crippen LogP contribution in [-0.2, 0) is 10.8 Å². The molecule has 0 fully saturated rings. The Morgan fingerprint density at radius 3 is 1.77 bits per heavy atom.